The molecule has 0 bridgehead atoms. The Morgan fingerprint density at radius 2 is 1.75 bits per heavy atom. The lowest BCUT2D eigenvalue weighted by Crippen LogP contribution is -2.48. The van der Waals surface area contributed by atoms with Crippen LogP contribution in [0, 0.1) is 17.3 Å². The SMILES string of the molecule is CNCC1(CN(C)C2CCCC(C)C2)CCC(C)CC1. The summed E-state index contributed by atoms with van der Waals surface area (Å²) in [5, 5.41) is 3.48. The van der Waals surface area contributed by atoms with Gasteiger partial charge in [-0.05, 0) is 57.0 Å². The van der Waals surface area contributed by atoms with Gasteiger partial charge in [-0.15, -0.1) is 0 Å². The molecular formula is C18H36N2. The van der Waals surface area contributed by atoms with Gasteiger partial charge in [0.15, 0.2) is 0 Å². The Morgan fingerprint density at radius 1 is 1.05 bits per heavy atom. The zero-order valence-electron chi connectivity index (χ0n) is 14.3. The minimum atomic E-state index is 0.538. The van der Waals surface area contributed by atoms with Gasteiger partial charge in [0.05, 0.1) is 0 Å². The molecule has 2 unspecified atom stereocenters. The van der Waals surface area contributed by atoms with E-state index in [1.54, 1.807) is 0 Å². The van der Waals surface area contributed by atoms with E-state index in [4.69, 9.17) is 0 Å². The van der Waals surface area contributed by atoms with Crippen molar-refractivity contribution < 1.29 is 0 Å². The van der Waals surface area contributed by atoms with Gasteiger partial charge in [0, 0.05) is 19.1 Å². The van der Waals surface area contributed by atoms with Crippen LogP contribution in [0.2, 0.25) is 0 Å². The lowest BCUT2D eigenvalue weighted by molar-refractivity contribution is 0.0626. The molecule has 2 aliphatic carbocycles. The molecule has 2 heteroatoms. The summed E-state index contributed by atoms with van der Waals surface area (Å²) in [7, 11) is 4.51. The average Bonchev–Trinajstić information content (AvgIpc) is 2.42. The molecule has 2 atom stereocenters. The van der Waals surface area contributed by atoms with Gasteiger partial charge in [0.25, 0.3) is 0 Å². The molecule has 2 fully saturated rings. The third kappa shape index (κ3) is 4.21. The van der Waals surface area contributed by atoms with Crippen molar-refractivity contribution in [3.8, 4) is 0 Å². The summed E-state index contributed by atoms with van der Waals surface area (Å²) in [5.74, 6) is 1.88. The fourth-order valence-electron chi connectivity index (χ4n) is 4.60. The maximum Gasteiger partial charge on any atom is 0.00949 e. The van der Waals surface area contributed by atoms with E-state index in [9.17, 15) is 0 Å². The molecule has 0 aromatic rings. The van der Waals surface area contributed by atoms with Gasteiger partial charge in [0.2, 0.25) is 0 Å². The smallest absolute Gasteiger partial charge is 0.00949 e. The number of nitrogens with zero attached hydrogens (tertiary/aromatic N) is 1. The molecule has 0 saturated heterocycles. The van der Waals surface area contributed by atoms with E-state index < -0.39 is 0 Å². The molecule has 0 aromatic heterocycles. The van der Waals surface area contributed by atoms with E-state index in [0.717, 1.165) is 17.9 Å². The molecule has 0 amide bonds. The first-order valence-electron chi connectivity index (χ1n) is 8.89. The third-order valence-corrected chi connectivity index (χ3v) is 6.00. The van der Waals surface area contributed by atoms with E-state index in [1.165, 1.54) is 64.5 Å². The predicted octanol–water partition coefficient (Wildman–Crippen LogP) is 3.91. The summed E-state index contributed by atoms with van der Waals surface area (Å²) in [5.41, 5.74) is 0.538. The van der Waals surface area contributed by atoms with E-state index in [2.05, 4.69) is 38.2 Å². The normalized spacial score (nSPS) is 39.1. The van der Waals surface area contributed by atoms with E-state index >= 15 is 0 Å². The first-order valence-corrected chi connectivity index (χ1v) is 8.89. The Balaban J connectivity index is 1.93. The molecule has 0 spiro atoms. The lowest BCUT2D eigenvalue weighted by Gasteiger charge is -2.45. The van der Waals surface area contributed by atoms with Crippen LogP contribution in [-0.2, 0) is 0 Å². The predicted molar refractivity (Wildman–Crippen MR) is 88.0 cm³/mol. The molecule has 0 aliphatic heterocycles. The Kier molecular flexibility index (Phi) is 5.92. The maximum absolute atomic E-state index is 3.48. The highest BCUT2D eigenvalue weighted by molar-refractivity contribution is 4.90. The van der Waals surface area contributed by atoms with Crippen molar-refractivity contribution in [2.45, 2.75) is 71.3 Å². The van der Waals surface area contributed by atoms with Crippen molar-refractivity contribution >= 4 is 0 Å². The molecule has 0 heterocycles. The summed E-state index contributed by atoms with van der Waals surface area (Å²) < 4.78 is 0. The summed E-state index contributed by atoms with van der Waals surface area (Å²) in [6.45, 7) is 7.37. The highest BCUT2D eigenvalue weighted by atomic mass is 15.1. The van der Waals surface area contributed by atoms with Crippen LogP contribution in [0.15, 0.2) is 0 Å². The van der Waals surface area contributed by atoms with Crippen molar-refractivity contribution in [1.82, 2.24) is 10.2 Å². The van der Waals surface area contributed by atoms with Gasteiger partial charge in [-0.2, -0.15) is 0 Å². The Labute approximate surface area is 126 Å². The van der Waals surface area contributed by atoms with Crippen LogP contribution in [0.1, 0.15) is 65.2 Å². The van der Waals surface area contributed by atoms with Crippen LogP contribution >= 0.6 is 0 Å². The third-order valence-electron chi connectivity index (χ3n) is 6.00. The molecule has 0 aromatic carbocycles. The molecule has 2 rings (SSSR count). The van der Waals surface area contributed by atoms with Crippen LogP contribution in [0.3, 0.4) is 0 Å². The average molecular weight is 280 g/mol. The highest BCUT2D eigenvalue weighted by Crippen LogP contribution is 2.40. The topological polar surface area (TPSA) is 15.3 Å². The Morgan fingerprint density at radius 3 is 2.35 bits per heavy atom. The number of hydrogen-bond acceptors (Lipinski definition) is 2. The molecule has 2 nitrogen and oxygen atoms in total. The van der Waals surface area contributed by atoms with Crippen LogP contribution in [0.25, 0.3) is 0 Å². The second kappa shape index (κ2) is 7.26. The number of rotatable bonds is 5. The van der Waals surface area contributed by atoms with Crippen molar-refractivity contribution in [1.29, 1.82) is 0 Å². The van der Waals surface area contributed by atoms with Crippen molar-refractivity contribution in [3.05, 3.63) is 0 Å². The van der Waals surface area contributed by atoms with Crippen molar-refractivity contribution in [3.63, 3.8) is 0 Å². The van der Waals surface area contributed by atoms with Gasteiger partial charge >= 0.3 is 0 Å². The lowest BCUT2D eigenvalue weighted by atomic mass is 9.70. The number of nitrogens with one attached hydrogen (secondary N) is 1. The van der Waals surface area contributed by atoms with Gasteiger partial charge in [-0.1, -0.05) is 39.5 Å². The molecule has 0 radical (unpaired) electrons. The van der Waals surface area contributed by atoms with E-state index in [-0.39, 0.29) is 0 Å². The fourth-order valence-corrected chi connectivity index (χ4v) is 4.60. The minimum absolute atomic E-state index is 0.538. The second-order valence-corrected chi connectivity index (χ2v) is 8.05. The first kappa shape index (κ1) is 16.3. The molecule has 20 heavy (non-hydrogen) atoms. The Hall–Kier alpha value is -0.0800. The molecular weight excluding hydrogens is 244 g/mol. The van der Waals surface area contributed by atoms with E-state index in [0.29, 0.717) is 5.41 Å². The van der Waals surface area contributed by atoms with Gasteiger partial charge < -0.3 is 10.2 Å². The van der Waals surface area contributed by atoms with Crippen LogP contribution in [-0.4, -0.2) is 38.1 Å². The van der Waals surface area contributed by atoms with Crippen LogP contribution in [0.5, 0.6) is 0 Å². The maximum atomic E-state index is 3.48. The standard InChI is InChI=1S/C18H36N2/c1-15-8-10-18(11-9-15,13-19-3)14-20(4)17-7-5-6-16(2)12-17/h15-17,19H,5-14H2,1-4H3. The number of hydrogen-bond donors (Lipinski definition) is 1. The van der Waals surface area contributed by atoms with Crippen LogP contribution < -0.4 is 5.32 Å². The van der Waals surface area contributed by atoms with Gasteiger partial charge in [-0.3, -0.25) is 0 Å². The molecule has 2 saturated carbocycles. The molecule has 118 valence electrons. The summed E-state index contributed by atoms with van der Waals surface area (Å²) >= 11 is 0. The second-order valence-electron chi connectivity index (χ2n) is 8.05. The zero-order valence-corrected chi connectivity index (χ0v) is 14.3. The highest BCUT2D eigenvalue weighted by Gasteiger charge is 2.36. The Bertz CT molecular complexity index is 281. The summed E-state index contributed by atoms with van der Waals surface area (Å²) in [4.78, 5) is 2.71. The summed E-state index contributed by atoms with van der Waals surface area (Å²) in [6.07, 6.45) is 11.4. The first-order chi connectivity index (χ1) is 9.54. The van der Waals surface area contributed by atoms with Crippen molar-refractivity contribution in [2.24, 2.45) is 17.3 Å². The van der Waals surface area contributed by atoms with Crippen molar-refractivity contribution in [2.75, 3.05) is 27.2 Å². The van der Waals surface area contributed by atoms with Crippen LogP contribution in [0.4, 0.5) is 0 Å². The largest absolute Gasteiger partial charge is 0.319 e. The molecule has 1 N–H and O–H groups in total. The zero-order chi connectivity index (χ0) is 14.6. The summed E-state index contributed by atoms with van der Waals surface area (Å²) in [6, 6.07) is 0.840. The van der Waals surface area contributed by atoms with Gasteiger partial charge in [-0.25, -0.2) is 0 Å². The quantitative estimate of drug-likeness (QED) is 0.821. The van der Waals surface area contributed by atoms with E-state index in [1.807, 2.05) is 0 Å². The monoisotopic (exact) mass is 280 g/mol. The van der Waals surface area contributed by atoms with Gasteiger partial charge in [0.1, 0.15) is 0 Å². The molecule has 2 aliphatic rings. The minimum Gasteiger partial charge on any atom is -0.319 e. The fraction of sp³-hybridized carbons (Fsp3) is 1.00.